The number of amides is 1. The predicted molar refractivity (Wildman–Crippen MR) is 101 cm³/mol. The van der Waals surface area contributed by atoms with Gasteiger partial charge >= 0.3 is 0 Å². The molecule has 1 atom stereocenters. The number of halogens is 2. The molecule has 0 aliphatic carbocycles. The molecule has 1 aromatic carbocycles. The van der Waals surface area contributed by atoms with Crippen molar-refractivity contribution in [2.75, 3.05) is 6.54 Å². The van der Waals surface area contributed by atoms with E-state index in [4.69, 9.17) is 16.0 Å². The summed E-state index contributed by atoms with van der Waals surface area (Å²) < 4.78 is 32.6. The lowest BCUT2D eigenvalue weighted by Crippen LogP contribution is -2.44. The molecular formula is C16H15BrClN3O4S. The van der Waals surface area contributed by atoms with Crippen LogP contribution < -0.4 is 5.43 Å². The van der Waals surface area contributed by atoms with Crippen molar-refractivity contribution in [1.29, 1.82) is 0 Å². The second kappa shape index (κ2) is 7.91. The lowest BCUT2D eigenvalue weighted by atomic mass is 10.2. The summed E-state index contributed by atoms with van der Waals surface area (Å²) in [5.74, 6) is -0.0313. The summed E-state index contributed by atoms with van der Waals surface area (Å²) in [6.45, 7) is 0.276. The van der Waals surface area contributed by atoms with Gasteiger partial charge in [-0.15, -0.1) is 0 Å². The van der Waals surface area contributed by atoms with Crippen LogP contribution in [0.5, 0.6) is 0 Å². The van der Waals surface area contributed by atoms with Gasteiger partial charge in [-0.1, -0.05) is 11.6 Å². The second-order valence-electron chi connectivity index (χ2n) is 5.60. The van der Waals surface area contributed by atoms with Crippen LogP contribution in [0.15, 0.2) is 55.5 Å². The summed E-state index contributed by atoms with van der Waals surface area (Å²) in [6.07, 6.45) is 2.37. The molecule has 1 aliphatic heterocycles. The van der Waals surface area contributed by atoms with Gasteiger partial charge in [0.15, 0.2) is 4.67 Å². The van der Waals surface area contributed by atoms with Gasteiger partial charge in [-0.25, -0.2) is 13.8 Å². The zero-order valence-corrected chi connectivity index (χ0v) is 16.6. The van der Waals surface area contributed by atoms with E-state index in [1.165, 1.54) is 34.8 Å². The fourth-order valence-electron chi connectivity index (χ4n) is 2.66. The molecule has 0 saturated carbocycles. The Morgan fingerprint density at radius 2 is 2.04 bits per heavy atom. The molecule has 10 heteroatoms. The van der Waals surface area contributed by atoms with Gasteiger partial charge in [0.25, 0.3) is 5.91 Å². The minimum absolute atomic E-state index is 0.102. The van der Waals surface area contributed by atoms with Crippen molar-refractivity contribution < 1.29 is 17.6 Å². The van der Waals surface area contributed by atoms with E-state index < -0.39 is 22.0 Å². The zero-order valence-electron chi connectivity index (χ0n) is 13.4. The van der Waals surface area contributed by atoms with Gasteiger partial charge in [0.1, 0.15) is 11.8 Å². The largest absolute Gasteiger partial charge is 0.448 e. The van der Waals surface area contributed by atoms with Crippen LogP contribution in [0, 0.1) is 0 Å². The Morgan fingerprint density at radius 1 is 1.31 bits per heavy atom. The number of nitrogens with one attached hydrogen (secondary N) is 1. The van der Waals surface area contributed by atoms with Crippen molar-refractivity contribution >= 4 is 49.7 Å². The van der Waals surface area contributed by atoms with E-state index >= 15 is 0 Å². The van der Waals surface area contributed by atoms with Crippen molar-refractivity contribution in [3.8, 4) is 0 Å². The Labute approximate surface area is 164 Å². The van der Waals surface area contributed by atoms with Gasteiger partial charge < -0.3 is 4.42 Å². The predicted octanol–water partition coefficient (Wildman–Crippen LogP) is 3.00. The van der Waals surface area contributed by atoms with Crippen LogP contribution in [-0.4, -0.2) is 37.4 Å². The van der Waals surface area contributed by atoms with E-state index in [0.717, 1.165) is 0 Å². The van der Waals surface area contributed by atoms with Crippen LogP contribution in [0.25, 0.3) is 0 Å². The molecule has 0 bridgehead atoms. The monoisotopic (exact) mass is 459 g/mol. The molecule has 1 saturated heterocycles. The first kappa shape index (κ1) is 19.1. The SMILES string of the molecule is O=C(N/N=C\c1ccc(Br)o1)[C@@H]1CCCN1S(=O)(=O)c1ccc(Cl)cc1. The molecular weight excluding hydrogens is 446 g/mol. The third kappa shape index (κ3) is 4.17. The third-order valence-corrected chi connectivity index (χ3v) is 6.49. The number of carbonyl (C=O) groups excluding carboxylic acids is 1. The summed E-state index contributed by atoms with van der Waals surface area (Å²) in [5, 5.41) is 4.27. The van der Waals surface area contributed by atoms with Crippen molar-refractivity contribution in [3.05, 3.63) is 51.9 Å². The molecule has 2 heterocycles. The molecule has 1 fully saturated rings. The third-order valence-electron chi connectivity index (χ3n) is 3.89. The molecule has 0 radical (unpaired) electrons. The molecule has 0 spiro atoms. The summed E-state index contributed by atoms with van der Waals surface area (Å²) in [4.78, 5) is 12.5. The minimum atomic E-state index is -3.79. The number of rotatable bonds is 5. The Morgan fingerprint density at radius 3 is 2.69 bits per heavy atom. The van der Waals surface area contributed by atoms with E-state index in [9.17, 15) is 13.2 Å². The number of hydrogen-bond donors (Lipinski definition) is 1. The lowest BCUT2D eigenvalue weighted by Gasteiger charge is -2.22. The standard InChI is InChI=1S/C16H15BrClN3O4S/c17-15-8-5-12(25-15)10-19-20-16(22)14-2-1-9-21(14)26(23,24)13-6-3-11(18)4-7-13/h3-8,10,14H,1-2,9H2,(H,20,22)/b19-10-/t14-/m0/s1. The first-order valence-electron chi connectivity index (χ1n) is 7.73. The highest BCUT2D eigenvalue weighted by atomic mass is 79.9. The summed E-state index contributed by atoms with van der Waals surface area (Å²) >= 11 is 8.98. The number of hydrogen-bond acceptors (Lipinski definition) is 5. The van der Waals surface area contributed by atoms with Crippen LogP contribution in [-0.2, 0) is 14.8 Å². The maximum absolute atomic E-state index is 12.8. The number of nitrogens with zero attached hydrogens (tertiary/aromatic N) is 2. The molecule has 1 aliphatic rings. The highest BCUT2D eigenvalue weighted by Gasteiger charge is 2.39. The topological polar surface area (TPSA) is 92.0 Å². The first-order valence-corrected chi connectivity index (χ1v) is 10.3. The van der Waals surface area contributed by atoms with Gasteiger partial charge in [-0.2, -0.15) is 9.41 Å². The second-order valence-corrected chi connectivity index (χ2v) is 8.71. The Kier molecular flexibility index (Phi) is 5.81. The van der Waals surface area contributed by atoms with Gasteiger partial charge in [0.05, 0.1) is 11.1 Å². The maximum Gasteiger partial charge on any atom is 0.258 e. The van der Waals surface area contributed by atoms with Crippen LogP contribution >= 0.6 is 27.5 Å². The molecule has 26 heavy (non-hydrogen) atoms. The summed E-state index contributed by atoms with van der Waals surface area (Å²) in [6, 6.07) is 8.43. The number of furan rings is 1. The Bertz CT molecular complexity index is 927. The number of carbonyl (C=O) groups is 1. The molecule has 2 aromatic rings. The average Bonchev–Trinajstić information content (AvgIpc) is 3.24. The molecule has 3 rings (SSSR count). The van der Waals surface area contributed by atoms with Crippen LogP contribution in [0.2, 0.25) is 5.02 Å². The number of benzene rings is 1. The molecule has 1 aromatic heterocycles. The van der Waals surface area contributed by atoms with Gasteiger partial charge in [0, 0.05) is 11.6 Å². The van der Waals surface area contributed by atoms with Gasteiger partial charge in [0.2, 0.25) is 10.0 Å². The van der Waals surface area contributed by atoms with E-state index in [1.54, 1.807) is 12.1 Å². The molecule has 1 N–H and O–H groups in total. The van der Waals surface area contributed by atoms with Crippen LogP contribution in [0.1, 0.15) is 18.6 Å². The highest BCUT2D eigenvalue weighted by Crippen LogP contribution is 2.27. The minimum Gasteiger partial charge on any atom is -0.448 e. The lowest BCUT2D eigenvalue weighted by molar-refractivity contribution is -0.124. The molecule has 1 amide bonds. The van der Waals surface area contributed by atoms with Crippen molar-refractivity contribution in [1.82, 2.24) is 9.73 Å². The Balaban J connectivity index is 1.71. The smallest absolute Gasteiger partial charge is 0.258 e. The average molecular weight is 461 g/mol. The van der Waals surface area contributed by atoms with Crippen molar-refractivity contribution in [2.24, 2.45) is 5.10 Å². The molecule has 7 nitrogen and oxygen atoms in total. The van der Waals surface area contributed by atoms with Crippen molar-refractivity contribution in [2.45, 2.75) is 23.8 Å². The molecule has 138 valence electrons. The van der Waals surface area contributed by atoms with Gasteiger partial charge in [-0.3, -0.25) is 4.79 Å². The first-order chi connectivity index (χ1) is 12.4. The summed E-state index contributed by atoms with van der Waals surface area (Å²) in [7, 11) is -3.79. The number of hydrazone groups is 1. The quantitative estimate of drug-likeness (QED) is 0.548. The van der Waals surface area contributed by atoms with Crippen LogP contribution in [0.4, 0.5) is 0 Å². The fourth-order valence-corrected chi connectivity index (χ4v) is 4.77. The normalized spacial score (nSPS) is 18.5. The van der Waals surface area contributed by atoms with E-state index in [0.29, 0.717) is 28.3 Å². The van der Waals surface area contributed by atoms with E-state index in [2.05, 4.69) is 26.5 Å². The zero-order chi connectivity index (χ0) is 18.7. The van der Waals surface area contributed by atoms with E-state index in [1.807, 2.05) is 0 Å². The van der Waals surface area contributed by atoms with Crippen LogP contribution in [0.3, 0.4) is 0 Å². The molecule has 0 unspecified atom stereocenters. The Hall–Kier alpha value is -1.68. The maximum atomic E-state index is 12.8. The highest BCUT2D eigenvalue weighted by molar-refractivity contribution is 9.10. The number of sulfonamides is 1. The van der Waals surface area contributed by atoms with E-state index in [-0.39, 0.29) is 11.4 Å². The fraction of sp³-hybridized carbons (Fsp3) is 0.250. The van der Waals surface area contributed by atoms with Gasteiger partial charge in [-0.05, 0) is 65.2 Å². The summed E-state index contributed by atoms with van der Waals surface area (Å²) in [5.41, 5.74) is 2.37. The van der Waals surface area contributed by atoms with Crippen molar-refractivity contribution in [3.63, 3.8) is 0 Å².